The maximum Gasteiger partial charge on any atom is 0.0604 e. The Morgan fingerprint density at radius 3 is 1.66 bits per heavy atom. The minimum Gasteiger partial charge on any atom is -0.309 e. The van der Waals surface area contributed by atoms with Crippen molar-refractivity contribution in [1.82, 2.24) is 0 Å². The molecule has 0 N–H and O–H groups in total. The Labute approximate surface area is 352 Å². The van der Waals surface area contributed by atoms with Crippen LogP contribution in [0.5, 0.6) is 0 Å². The van der Waals surface area contributed by atoms with Gasteiger partial charge in [-0.25, -0.2) is 0 Å². The van der Waals surface area contributed by atoms with Crippen LogP contribution in [0.4, 0.5) is 17.1 Å². The molecule has 4 fully saturated rings. The molecule has 1 nitrogen and oxygen atoms in total. The number of anilines is 3. The highest BCUT2D eigenvalue weighted by Gasteiger charge is 2.84. The molecule has 296 valence electrons. The predicted molar refractivity (Wildman–Crippen MR) is 243 cm³/mol. The van der Waals surface area contributed by atoms with E-state index in [1.807, 2.05) is 0 Å². The summed E-state index contributed by atoms with van der Waals surface area (Å²) < 4.78 is 0. The molecule has 0 aromatic heterocycles. The number of fused-ring (bicyclic) bond motifs is 9. The molecule has 1 heterocycles. The molecule has 0 saturated heterocycles. The first-order valence-corrected chi connectivity index (χ1v) is 23.6. The van der Waals surface area contributed by atoms with Crippen LogP contribution >= 0.6 is 11.8 Å². The first-order valence-electron chi connectivity index (χ1n) is 22.8. The van der Waals surface area contributed by atoms with Crippen LogP contribution in [0.25, 0.3) is 11.1 Å². The molecule has 0 amide bonds. The van der Waals surface area contributed by atoms with E-state index >= 15 is 0 Å². The smallest absolute Gasteiger partial charge is 0.0604 e. The molecule has 4 saturated carbocycles. The molecule has 1 aliphatic heterocycles. The van der Waals surface area contributed by atoms with E-state index in [1.54, 1.807) is 11.1 Å². The normalized spacial score (nSPS) is 31.5. The van der Waals surface area contributed by atoms with Gasteiger partial charge in [-0.1, -0.05) is 140 Å². The summed E-state index contributed by atoms with van der Waals surface area (Å²) in [6.45, 7) is 19.8. The van der Waals surface area contributed by atoms with Crippen molar-refractivity contribution < 1.29 is 0 Å². The van der Waals surface area contributed by atoms with E-state index in [1.165, 1.54) is 112 Å². The fraction of sp³-hybridized carbons (Fsp3) is 0.464. The Balaban J connectivity index is 1.12. The summed E-state index contributed by atoms with van der Waals surface area (Å²) in [7, 11) is 0. The predicted octanol–water partition coefficient (Wildman–Crippen LogP) is 15.3. The molecule has 6 aliphatic carbocycles. The quantitative estimate of drug-likeness (QED) is 0.179. The lowest BCUT2D eigenvalue weighted by Crippen LogP contribution is -2.74. The van der Waals surface area contributed by atoms with Gasteiger partial charge in [-0.15, -0.1) is 0 Å². The fourth-order valence-electron chi connectivity index (χ4n) is 15.0. The minimum atomic E-state index is 0.0811. The van der Waals surface area contributed by atoms with Crippen molar-refractivity contribution in [2.75, 3.05) is 4.90 Å². The van der Waals surface area contributed by atoms with E-state index in [9.17, 15) is 0 Å². The molecule has 2 bridgehead atoms. The maximum absolute atomic E-state index is 2.71. The van der Waals surface area contributed by atoms with Gasteiger partial charge >= 0.3 is 0 Å². The summed E-state index contributed by atoms with van der Waals surface area (Å²) in [6.07, 6.45) is 10.7. The summed E-state index contributed by atoms with van der Waals surface area (Å²) in [5.74, 6) is 3.36. The molecule has 5 aromatic carbocycles. The lowest BCUT2D eigenvalue weighted by atomic mass is 9.26. The van der Waals surface area contributed by atoms with Crippen LogP contribution in [0.15, 0.2) is 113 Å². The van der Waals surface area contributed by atoms with E-state index in [0.29, 0.717) is 5.41 Å². The molecule has 6 unspecified atom stereocenters. The second-order valence-electron chi connectivity index (χ2n) is 22.7. The van der Waals surface area contributed by atoms with Gasteiger partial charge in [0.1, 0.15) is 0 Å². The van der Waals surface area contributed by atoms with Crippen molar-refractivity contribution in [2.45, 2.75) is 144 Å². The first kappa shape index (κ1) is 36.1. The van der Waals surface area contributed by atoms with Crippen LogP contribution in [-0.2, 0) is 27.1 Å². The third kappa shape index (κ3) is 4.47. The molecule has 12 rings (SSSR count). The Hall–Kier alpha value is -3.75. The van der Waals surface area contributed by atoms with Crippen molar-refractivity contribution in [2.24, 2.45) is 29.1 Å². The number of rotatable bonds is 4. The lowest BCUT2D eigenvalue weighted by molar-refractivity contribution is -0.235. The second kappa shape index (κ2) is 11.5. The van der Waals surface area contributed by atoms with Gasteiger partial charge in [0.25, 0.3) is 0 Å². The number of hydrogen-bond acceptors (Lipinski definition) is 2. The van der Waals surface area contributed by atoms with Gasteiger partial charge in [0.05, 0.1) is 5.69 Å². The summed E-state index contributed by atoms with van der Waals surface area (Å²) in [5.41, 5.74) is 17.3. The van der Waals surface area contributed by atoms with Crippen LogP contribution in [0.2, 0.25) is 0 Å². The topological polar surface area (TPSA) is 3.24 Å². The SMILES string of the molecule is CC1(C)CCC(C)(C)c2cc(N(c3ccc4c(c3)C(C)(C)CCC4(C)C)c3cccc4c3Sc3c(-c5ccccc5)cccc3C43C4CC5CC6CC3C64C5)ccc21. The summed E-state index contributed by atoms with van der Waals surface area (Å²) in [4.78, 5) is 5.72. The summed E-state index contributed by atoms with van der Waals surface area (Å²) in [5, 5.41) is 0. The Kier molecular flexibility index (Phi) is 7.19. The third-order valence-corrected chi connectivity index (χ3v) is 19.4. The van der Waals surface area contributed by atoms with Gasteiger partial charge in [-0.2, -0.15) is 0 Å². The van der Waals surface area contributed by atoms with E-state index in [0.717, 1.165) is 23.7 Å². The van der Waals surface area contributed by atoms with E-state index in [-0.39, 0.29) is 27.1 Å². The highest BCUT2D eigenvalue weighted by atomic mass is 32.2. The van der Waals surface area contributed by atoms with E-state index in [2.05, 4.69) is 175 Å². The van der Waals surface area contributed by atoms with Gasteiger partial charge in [0, 0.05) is 26.6 Å². The average Bonchev–Trinajstić information content (AvgIpc) is 3.74. The van der Waals surface area contributed by atoms with Crippen LogP contribution in [0, 0.1) is 29.1 Å². The number of hydrogen-bond donors (Lipinski definition) is 0. The molecule has 2 spiro atoms. The Morgan fingerprint density at radius 2 is 1.05 bits per heavy atom. The van der Waals surface area contributed by atoms with Gasteiger partial charge in [0.15, 0.2) is 0 Å². The standard InChI is InChI=1S/C56H61NS/c1-51(2)24-26-53(5,6)44-31-37(20-22-40(44)51)57(38-21-23-41-45(32-38)54(7,8)27-25-52(41,3)4)46-19-13-18-43-50(46)58-49-39(35-14-10-9-11-15-35)16-12-17-42(49)56(43)47-29-34-28-36-30-48(56)55(36,47)33-34/h9-23,31-32,34,36,47-48H,24-30,33H2,1-8H3. The van der Waals surface area contributed by atoms with Crippen molar-refractivity contribution in [3.05, 3.63) is 137 Å². The molecule has 0 radical (unpaired) electrons. The van der Waals surface area contributed by atoms with Crippen LogP contribution in [0.1, 0.15) is 140 Å². The molecular weight excluding hydrogens is 719 g/mol. The molecule has 7 aliphatic rings. The monoisotopic (exact) mass is 779 g/mol. The van der Waals surface area contributed by atoms with Gasteiger partial charge in [0.2, 0.25) is 0 Å². The van der Waals surface area contributed by atoms with E-state index < -0.39 is 0 Å². The highest BCUT2D eigenvalue weighted by Crippen LogP contribution is 2.89. The first-order chi connectivity index (χ1) is 27.7. The zero-order valence-electron chi connectivity index (χ0n) is 36.1. The summed E-state index contributed by atoms with van der Waals surface area (Å²) in [6, 6.07) is 41.4. The summed E-state index contributed by atoms with van der Waals surface area (Å²) >= 11 is 2.09. The third-order valence-electron chi connectivity index (χ3n) is 18.1. The number of benzene rings is 5. The van der Waals surface area contributed by atoms with Crippen molar-refractivity contribution in [3.63, 3.8) is 0 Å². The van der Waals surface area contributed by atoms with Crippen LogP contribution in [0.3, 0.4) is 0 Å². The van der Waals surface area contributed by atoms with Crippen molar-refractivity contribution >= 4 is 28.8 Å². The average molecular weight is 780 g/mol. The van der Waals surface area contributed by atoms with Gasteiger partial charge in [-0.3, -0.25) is 0 Å². The maximum atomic E-state index is 2.71. The fourth-order valence-corrected chi connectivity index (χ4v) is 16.5. The molecule has 6 atom stereocenters. The molecular formula is C56H61NS. The Bertz CT molecular complexity index is 2480. The molecule has 58 heavy (non-hydrogen) atoms. The Morgan fingerprint density at radius 1 is 0.500 bits per heavy atom. The zero-order chi connectivity index (χ0) is 39.8. The highest BCUT2D eigenvalue weighted by molar-refractivity contribution is 7.99. The zero-order valence-corrected chi connectivity index (χ0v) is 37.0. The van der Waals surface area contributed by atoms with Crippen LogP contribution in [-0.4, -0.2) is 0 Å². The van der Waals surface area contributed by atoms with Crippen LogP contribution < -0.4 is 4.90 Å². The minimum absolute atomic E-state index is 0.0811. The van der Waals surface area contributed by atoms with E-state index in [4.69, 9.17) is 0 Å². The number of nitrogens with zero attached hydrogens (tertiary/aromatic N) is 1. The largest absolute Gasteiger partial charge is 0.309 e. The second-order valence-corrected chi connectivity index (χ2v) is 23.7. The molecule has 2 heteroatoms. The van der Waals surface area contributed by atoms with Gasteiger partial charge in [-0.05, 0) is 177 Å². The lowest BCUT2D eigenvalue weighted by Gasteiger charge is -2.78. The van der Waals surface area contributed by atoms with Gasteiger partial charge < -0.3 is 4.90 Å². The van der Waals surface area contributed by atoms with Crippen molar-refractivity contribution in [1.29, 1.82) is 0 Å². The van der Waals surface area contributed by atoms with Crippen molar-refractivity contribution in [3.8, 4) is 11.1 Å². The molecule has 5 aromatic rings.